The van der Waals surface area contributed by atoms with Crippen molar-refractivity contribution in [2.45, 2.75) is 6.92 Å². The minimum Gasteiger partial charge on any atom is -0.496 e. The van der Waals surface area contributed by atoms with Gasteiger partial charge in [-0.2, -0.15) is 0 Å². The van der Waals surface area contributed by atoms with E-state index in [0.29, 0.717) is 0 Å². The molecule has 0 aromatic heterocycles. The first kappa shape index (κ1) is 13.6. The predicted octanol–water partition coefficient (Wildman–Crippen LogP) is 1.45. The number of ether oxygens (including phenoxy) is 1. The Kier molecular flexibility index (Phi) is 4.22. The van der Waals surface area contributed by atoms with Gasteiger partial charge in [-0.05, 0) is 13.0 Å². The lowest BCUT2D eigenvalue weighted by Gasteiger charge is -2.13. The molecule has 0 aliphatic heterocycles. The Balaban J connectivity index is 3.26. The summed E-state index contributed by atoms with van der Waals surface area (Å²) in [6.07, 6.45) is 0. The summed E-state index contributed by atoms with van der Waals surface area (Å²) in [5.74, 6) is -0.0431. The van der Waals surface area contributed by atoms with Gasteiger partial charge in [0.05, 0.1) is 24.7 Å². The van der Waals surface area contributed by atoms with E-state index in [1.807, 2.05) is 0 Å². The monoisotopic (exact) mass is 261 g/mol. The van der Waals surface area contributed by atoms with Gasteiger partial charge in [0.25, 0.3) is 5.69 Å². The second-order valence-corrected chi connectivity index (χ2v) is 4.83. The smallest absolute Gasteiger partial charge is 0.362 e. The lowest BCUT2D eigenvalue weighted by molar-refractivity contribution is -0.384. The Labute approximate surface area is 97.7 Å². The molecule has 94 valence electrons. The van der Waals surface area contributed by atoms with Crippen LogP contribution in [0, 0.1) is 10.1 Å². The number of non-ortho nitro benzene ring substituents is 1. The maximum atomic E-state index is 11.8. The molecular formula is C9H12NO6P. The minimum absolute atomic E-state index is 0.0431. The molecular weight excluding hydrogens is 249 g/mol. The van der Waals surface area contributed by atoms with Gasteiger partial charge in [-0.25, -0.2) is 0 Å². The molecule has 1 atom stereocenters. The molecule has 0 spiro atoms. The molecule has 7 nitrogen and oxygen atoms in total. The molecule has 8 heteroatoms. The second-order valence-electron chi connectivity index (χ2n) is 3.05. The number of benzene rings is 1. The van der Waals surface area contributed by atoms with Gasteiger partial charge < -0.3 is 14.2 Å². The number of methoxy groups -OCH3 is 1. The number of nitro benzene ring substituents is 1. The van der Waals surface area contributed by atoms with Crippen LogP contribution in [0.15, 0.2) is 18.2 Å². The molecule has 1 aromatic carbocycles. The number of hydrogen-bond acceptors (Lipinski definition) is 5. The van der Waals surface area contributed by atoms with E-state index in [-0.39, 0.29) is 23.3 Å². The lowest BCUT2D eigenvalue weighted by atomic mass is 10.3. The van der Waals surface area contributed by atoms with Gasteiger partial charge in [-0.3, -0.25) is 14.7 Å². The van der Waals surface area contributed by atoms with E-state index in [1.165, 1.54) is 7.11 Å². The molecule has 0 saturated carbocycles. The summed E-state index contributed by atoms with van der Waals surface area (Å²) in [5, 5.41) is 10.5. The van der Waals surface area contributed by atoms with Crippen LogP contribution in [0.25, 0.3) is 0 Å². The van der Waals surface area contributed by atoms with Crippen LogP contribution in [0.4, 0.5) is 5.69 Å². The molecule has 1 aromatic rings. The summed E-state index contributed by atoms with van der Waals surface area (Å²) in [6.45, 7) is 1.62. The average molecular weight is 261 g/mol. The third-order valence-electron chi connectivity index (χ3n) is 1.98. The van der Waals surface area contributed by atoms with E-state index >= 15 is 0 Å². The molecule has 1 rings (SSSR count). The van der Waals surface area contributed by atoms with Crippen LogP contribution in [-0.4, -0.2) is 23.5 Å². The Bertz CT molecular complexity index is 475. The third kappa shape index (κ3) is 3.03. The Morgan fingerprint density at radius 3 is 2.65 bits per heavy atom. The van der Waals surface area contributed by atoms with E-state index in [0.717, 1.165) is 18.2 Å². The van der Waals surface area contributed by atoms with Gasteiger partial charge in [-0.15, -0.1) is 0 Å². The van der Waals surface area contributed by atoms with Crippen LogP contribution in [-0.2, 0) is 9.09 Å². The van der Waals surface area contributed by atoms with Crippen LogP contribution in [0.1, 0.15) is 6.92 Å². The maximum Gasteiger partial charge on any atom is 0.362 e. The molecule has 0 heterocycles. The van der Waals surface area contributed by atoms with E-state index in [9.17, 15) is 19.6 Å². The molecule has 0 radical (unpaired) electrons. The van der Waals surface area contributed by atoms with E-state index in [1.54, 1.807) is 6.92 Å². The fraction of sp³-hybridized carbons (Fsp3) is 0.333. The van der Waals surface area contributed by atoms with Crippen molar-refractivity contribution in [2.24, 2.45) is 0 Å². The number of nitrogens with zero attached hydrogens (tertiary/aromatic N) is 1. The zero-order valence-corrected chi connectivity index (χ0v) is 10.2. The fourth-order valence-corrected chi connectivity index (χ4v) is 2.44. The molecule has 0 saturated heterocycles. The van der Waals surface area contributed by atoms with Crippen molar-refractivity contribution in [2.75, 3.05) is 13.7 Å². The molecule has 0 aliphatic carbocycles. The van der Waals surface area contributed by atoms with E-state index in [4.69, 9.17) is 9.26 Å². The summed E-state index contributed by atoms with van der Waals surface area (Å²) in [4.78, 5) is 19.5. The van der Waals surface area contributed by atoms with Gasteiger partial charge in [-0.1, -0.05) is 0 Å². The molecule has 0 fully saturated rings. The van der Waals surface area contributed by atoms with Crippen molar-refractivity contribution in [3.05, 3.63) is 28.3 Å². The first-order valence-corrected chi connectivity index (χ1v) is 6.30. The van der Waals surface area contributed by atoms with Crippen molar-refractivity contribution in [1.29, 1.82) is 0 Å². The standard InChI is InChI=1S/C9H12NO6P/c1-3-16-17(13,14)9-5-4-7(10(11)12)6-8(9)15-2/h4-6H,3H2,1-2H3,(H,13,14). The van der Waals surface area contributed by atoms with Crippen LogP contribution >= 0.6 is 7.60 Å². The largest absolute Gasteiger partial charge is 0.496 e. The summed E-state index contributed by atoms with van der Waals surface area (Å²) >= 11 is 0. The molecule has 0 bridgehead atoms. The molecule has 1 N–H and O–H groups in total. The fourth-order valence-electron chi connectivity index (χ4n) is 1.26. The van der Waals surface area contributed by atoms with Crippen LogP contribution in [0.3, 0.4) is 0 Å². The van der Waals surface area contributed by atoms with Crippen molar-refractivity contribution < 1.29 is 23.6 Å². The van der Waals surface area contributed by atoms with Crippen molar-refractivity contribution in [1.82, 2.24) is 0 Å². The highest BCUT2D eigenvalue weighted by Crippen LogP contribution is 2.44. The highest BCUT2D eigenvalue weighted by atomic mass is 31.2. The van der Waals surface area contributed by atoms with E-state index in [2.05, 4.69) is 0 Å². The topological polar surface area (TPSA) is 98.9 Å². The zero-order chi connectivity index (χ0) is 13.1. The highest BCUT2D eigenvalue weighted by molar-refractivity contribution is 7.61. The predicted molar refractivity (Wildman–Crippen MR) is 60.7 cm³/mol. The first-order chi connectivity index (χ1) is 7.92. The van der Waals surface area contributed by atoms with Gasteiger partial charge in [0, 0.05) is 6.07 Å². The highest BCUT2D eigenvalue weighted by Gasteiger charge is 2.28. The quantitative estimate of drug-likeness (QED) is 0.489. The minimum atomic E-state index is -4.00. The van der Waals surface area contributed by atoms with Crippen molar-refractivity contribution >= 4 is 18.6 Å². The summed E-state index contributed by atoms with van der Waals surface area (Å²) < 4.78 is 21.3. The number of hydrogen-bond donors (Lipinski definition) is 1. The number of nitro groups is 1. The molecule has 17 heavy (non-hydrogen) atoms. The normalized spacial score (nSPS) is 14.1. The second kappa shape index (κ2) is 5.27. The molecule has 1 unspecified atom stereocenters. The first-order valence-electron chi connectivity index (χ1n) is 4.72. The Morgan fingerprint density at radius 2 is 2.18 bits per heavy atom. The van der Waals surface area contributed by atoms with Crippen LogP contribution in [0.5, 0.6) is 5.75 Å². The molecule has 0 aliphatic rings. The van der Waals surface area contributed by atoms with Crippen molar-refractivity contribution in [3.8, 4) is 5.75 Å². The maximum absolute atomic E-state index is 11.8. The van der Waals surface area contributed by atoms with Gasteiger partial charge in [0.1, 0.15) is 11.1 Å². The summed E-state index contributed by atoms with van der Waals surface area (Å²) in [6, 6.07) is 3.37. The van der Waals surface area contributed by atoms with Gasteiger partial charge in [0.15, 0.2) is 0 Å². The van der Waals surface area contributed by atoms with Crippen LogP contribution < -0.4 is 10.0 Å². The van der Waals surface area contributed by atoms with Gasteiger partial charge in [0.2, 0.25) is 0 Å². The number of rotatable bonds is 5. The summed E-state index contributed by atoms with van der Waals surface area (Å²) in [7, 11) is -2.74. The van der Waals surface area contributed by atoms with Gasteiger partial charge >= 0.3 is 7.60 Å². The lowest BCUT2D eigenvalue weighted by Crippen LogP contribution is -2.11. The Hall–Kier alpha value is -1.43. The SMILES string of the molecule is CCOP(=O)(O)c1ccc([N+](=O)[O-])cc1OC. The third-order valence-corrected chi connectivity index (χ3v) is 3.57. The van der Waals surface area contributed by atoms with E-state index < -0.39 is 12.5 Å². The van der Waals surface area contributed by atoms with Crippen LogP contribution in [0.2, 0.25) is 0 Å². The Morgan fingerprint density at radius 1 is 1.53 bits per heavy atom. The average Bonchev–Trinajstić information content (AvgIpc) is 2.28. The summed E-state index contributed by atoms with van der Waals surface area (Å²) in [5.41, 5.74) is -0.220. The van der Waals surface area contributed by atoms with Crippen molar-refractivity contribution in [3.63, 3.8) is 0 Å². The molecule has 0 amide bonds. The zero-order valence-electron chi connectivity index (χ0n) is 9.32.